The zero-order valence-electron chi connectivity index (χ0n) is 16.8. The number of aliphatic hydroxyl groups excluding tert-OH is 1. The van der Waals surface area contributed by atoms with Gasteiger partial charge in [0.1, 0.15) is 0 Å². The summed E-state index contributed by atoms with van der Waals surface area (Å²) >= 11 is 0. The Kier molecular flexibility index (Phi) is 5.17. The molecule has 0 saturated heterocycles. The van der Waals surface area contributed by atoms with Crippen LogP contribution >= 0.6 is 0 Å². The topological polar surface area (TPSA) is 76.1 Å². The Labute approximate surface area is 181 Å². The van der Waals surface area contributed by atoms with E-state index in [2.05, 4.69) is 0 Å². The first-order chi connectivity index (χ1) is 15.0. The number of benzene rings is 3. The quantitative estimate of drug-likeness (QED) is 0.663. The van der Waals surface area contributed by atoms with E-state index in [-0.39, 0.29) is 18.2 Å². The first kappa shape index (κ1) is 20.1. The van der Waals surface area contributed by atoms with Gasteiger partial charge in [0, 0.05) is 12.1 Å². The van der Waals surface area contributed by atoms with Crippen molar-refractivity contribution in [1.29, 1.82) is 0 Å². The van der Waals surface area contributed by atoms with Crippen molar-refractivity contribution < 1.29 is 23.0 Å². The van der Waals surface area contributed by atoms with Crippen LogP contribution in [0.5, 0.6) is 11.5 Å². The Balaban J connectivity index is 1.51. The van der Waals surface area contributed by atoms with Gasteiger partial charge >= 0.3 is 0 Å². The largest absolute Gasteiger partial charge is 0.454 e. The van der Waals surface area contributed by atoms with Crippen LogP contribution in [0.4, 0.5) is 0 Å². The molecule has 6 nitrogen and oxygen atoms in total. The van der Waals surface area contributed by atoms with Gasteiger partial charge < -0.3 is 14.6 Å². The third kappa shape index (κ3) is 3.69. The summed E-state index contributed by atoms with van der Waals surface area (Å²) in [5, 5.41) is 11.2. The van der Waals surface area contributed by atoms with E-state index >= 15 is 0 Å². The number of hydrogen-bond donors (Lipinski definition) is 1. The average Bonchev–Trinajstić information content (AvgIpc) is 3.26. The van der Waals surface area contributed by atoms with E-state index in [1.807, 2.05) is 48.5 Å². The molecular formula is C24H23NO5S. The molecule has 0 amide bonds. The van der Waals surface area contributed by atoms with Crippen molar-refractivity contribution in [3.63, 3.8) is 0 Å². The van der Waals surface area contributed by atoms with E-state index in [4.69, 9.17) is 9.47 Å². The van der Waals surface area contributed by atoms with E-state index in [1.54, 1.807) is 24.3 Å². The van der Waals surface area contributed by atoms with E-state index in [0.29, 0.717) is 29.9 Å². The standard InChI is InChI=1S/C24H23NO5S/c26-24-19-8-4-5-9-23(19)31(27,28)25(13-12-17-6-2-1-3-7-17)20(24)14-18-10-11-21-22(15-18)30-16-29-21/h1-11,15,20,24,26H,12-14,16H2/t20-,24+/m0/s1. The number of hydrogen-bond acceptors (Lipinski definition) is 5. The molecule has 0 radical (unpaired) electrons. The lowest BCUT2D eigenvalue weighted by Gasteiger charge is -2.39. The highest BCUT2D eigenvalue weighted by atomic mass is 32.2. The van der Waals surface area contributed by atoms with Crippen molar-refractivity contribution in [2.75, 3.05) is 13.3 Å². The molecule has 0 aliphatic carbocycles. The van der Waals surface area contributed by atoms with Crippen LogP contribution in [0.15, 0.2) is 77.7 Å². The lowest BCUT2D eigenvalue weighted by molar-refractivity contribution is 0.0800. The fraction of sp³-hybridized carbons (Fsp3) is 0.250. The van der Waals surface area contributed by atoms with Crippen molar-refractivity contribution in [3.05, 3.63) is 89.5 Å². The Hall–Kier alpha value is -2.87. The highest BCUT2D eigenvalue weighted by Gasteiger charge is 2.43. The first-order valence-corrected chi connectivity index (χ1v) is 11.7. The van der Waals surface area contributed by atoms with E-state index in [9.17, 15) is 13.5 Å². The zero-order valence-corrected chi connectivity index (χ0v) is 17.7. The van der Waals surface area contributed by atoms with Gasteiger partial charge in [-0.3, -0.25) is 0 Å². The molecule has 3 aromatic carbocycles. The SMILES string of the molecule is O=S1(=O)c2ccccc2[C@@H](O)[C@H](Cc2ccc3c(c2)OCO3)N1CCc1ccccc1. The fourth-order valence-corrected chi connectivity index (χ4v) is 6.19. The molecule has 5 rings (SSSR count). The van der Waals surface area contributed by atoms with Crippen LogP contribution < -0.4 is 9.47 Å². The van der Waals surface area contributed by atoms with Crippen LogP contribution in [-0.4, -0.2) is 37.2 Å². The van der Waals surface area contributed by atoms with E-state index in [1.165, 1.54) is 4.31 Å². The molecule has 7 heteroatoms. The van der Waals surface area contributed by atoms with Gasteiger partial charge in [0.05, 0.1) is 17.0 Å². The number of ether oxygens (including phenoxy) is 2. The fourth-order valence-electron chi connectivity index (χ4n) is 4.32. The van der Waals surface area contributed by atoms with Crippen LogP contribution in [-0.2, 0) is 22.9 Å². The molecule has 2 atom stereocenters. The molecule has 0 spiro atoms. The molecule has 3 aromatic rings. The van der Waals surface area contributed by atoms with Gasteiger partial charge in [-0.25, -0.2) is 8.42 Å². The molecule has 0 aromatic heterocycles. The Morgan fingerprint density at radius 2 is 1.65 bits per heavy atom. The molecule has 2 aliphatic heterocycles. The summed E-state index contributed by atoms with van der Waals surface area (Å²) in [4.78, 5) is 0.178. The summed E-state index contributed by atoms with van der Waals surface area (Å²) in [5.41, 5.74) is 2.38. The second kappa shape index (κ2) is 8.00. The Bertz CT molecular complexity index is 1200. The molecule has 2 heterocycles. The highest BCUT2D eigenvalue weighted by molar-refractivity contribution is 7.89. The van der Waals surface area contributed by atoms with Crippen LogP contribution in [0.3, 0.4) is 0 Å². The second-order valence-electron chi connectivity index (χ2n) is 7.79. The predicted molar refractivity (Wildman–Crippen MR) is 115 cm³/mol. The number of aliphatic hydroxyl groups is 1. The number of rotatable bonds is 5. The lowest BCUT2D eigenvalue weighted by Crippen LogP contribution is -2.49. The van der Waals surface area contributed by atoms with Gasteiger partial charge in [-0.2, -0.15) is 4.31 Å². The predicted octanol–water partition coefficient (Wildman–Crippen LogP) is 3.31. The molecule has 2 aliphatic rings. The average molecular weight is 438 g/mol. The van der Waals surface area contributed by atoms with Gasteiger partial charge in [-0.1, -0.05) is 54.6 Å². The third-order valence-corrected chi connectivity index (χ3v) is 7.90. The minimum atomic E-state index is -3.75. The molecular weight excluding hydrogens is 414 g/mol. The molecule has 0 fully saturated rings. The van der Waals surface area contributed by atoms with E-state index in [0.717, 1.165) is 11.1 Å². The van der Waals surface area contributed by atoms with Crippen LogP contribution in [0.2, 0.25) is 0 Å². The highest BCUT2D eigenvalue weighted by Crippen LogP contribution is 2.39. The lowest BCUT2D eigenvalue weighted by atomic mass is 9.95. The minimum Gasteiger partial charge on any atom is -0.454 e. The number of sulfonamides is 1. The molecule has 0 bridgehead atoms. The Morgan fingerprint density at radius 3 is 2.48 bits per heavy atom. The molecule has 0 unspecified atom stereocenters. The summed E-state index contributed by atoms with van der Waals surface area (Å²) in [7, 11) is -3.75. The van der Waals surface area contributed by atoms with Crippen molar-refractivity contribution in [2.45, 2.75) is 29.9 Å². The third-order valence-electron chi connectivity index (χ3n) is 5.90. The molecule has 0 saturated carbocycles. The van der Waals surface area contributed by atoms with Crippen LogP contribution in [0.1, 0.15) is 22.8 Å². The van der Waals surface area contributed by atoms with E-state index < -0.39 is 22.2 Å². The normalized spacial score (nSPS) is 21.6. The summed E-state index contributed by atoms with van der Waals surface area (Å²) in [5.74, 6) is 1.31. The minimum absolute atomic E-state index is 0.176. The molecule has 31 heavy (non-hydrogen) atoms. The van der Waals surface area contributed by atoms with Crippen molar-refractivity contribution >= 4 is 10.0 Å². The maximum atomic E-state index is 13.5. The van der Waals surface area contributed by atoms with Gasteiger partial charge in [-0.15, -0.1) is 0 Å². The summed E-state index contributed by atoms with van der Waals surface area (Å²) in [6.07, 6.45) is -0.00633. The van der Waals surface area contributed by atoms with Gasteiger partial charge in [0.15, 0.2) is 11.5 Å². The number of nitrogens with zero attached hydrogens (tertiary/aromatic N) is 1. The summed E-state index contributed by atoms with van der Waals surface area (Å²) in [6.45, 7) is 0.461. The van der Waals surface area contributed by atoms with Gasteiger partial charge in [0.25, 0.3) is 0 Å². The first-order valence-electron chi connectivity index (χ1n) is 10.3. The van der Waals surface area contributed by atoms with Gasteiger partial charge in [-0.05, 0) is 42.2 Å². The Morgan fingerprint density at radius 1 is 0.903 bits per heavy atom. The zero-order chi connectivity index (χ0) is 21.4. The summed E-state index contributed by atoms with van der Waals surface area (Å²) < 4.78 is 39.4. The van der Waals surface area contributed by atoms with Crippen molar-refractivity contribution in [1.82, 2.24) is 4.31 Å². The molecule has 160 valence electrons. The molecule has 1 N–H and O–H groups in total. The monoisotopic (exact) mass is 437 g/mol. The second-order valence-corrected chi connectivity index (χ2v) is 9.65. The van der Waals surface area contributed by atoms with Gasteiger partial charge in [0.2, 0.25) is 16.8 Å². The van der Waals surface area contributed by atoms with Crippen LogP contribution in [0.25, 0.3) is 0 Å². The maximum absolute atomic E-state index is 13.5. The van der Waals surface area contributed by atoms with Crippen molar-refractivity contribution in [2.24, 2.45) is 0 Å². The number of fused-ring (bicyclic) bond motifs is 2. The van der Waals surface area contributed by atoms with Crippen LogP contribution in [0, 0.1) is 0 Å². The van der Waals surface area contributed by atoms with Crippen molar-refractivity contribution in [3.8, 4) is 11.5 Å². The smallest absolute Gasteiger partial charge is 0.243 e. The summed E-state index contributed by atoms with van der Waals surface area (Å²) in [6, 6.07) is 21.4. The maximum Gasteiger partial charge on any atom is 0.243 e.